The fourth-order valence-corrected chi connectivity index (χ4v) is 4.99. The molecule has 0 spiro atoms. The van der Waals surface area contributed by atoms with Crippen LogP contribution in [0.5, 0.6) is 0 Å². The Morgan fingerprint density at radius 3 is 2.26 bits per heavy atom. The van der Waals surface area contributed by atoms with Gasteiger partial charge in [-0.15, -0.1) is 0 Å². The minimum atomic E-state index is -1.80. The van der Waals surface area contributed by atoms with Gasteiger partial charge in [0.25, 0.3) is 0 Å². The molecule has 1 fully saturated rings. The number of carbonyl (C=O) groups excluding carboxylic acids is 3. The molecule has 3 rings (SSSR count). The number of nitrogens with one attached hydrogen (secondary N) is 2. The van der Waals surface area contributed by atoms with E-state index in [1.807, 2.05) is 19.1 Å². The van der Waals surface area contributed by atoms with E-state index in [1.165, 1.54) is 29.2 Å². The second-order valence-corrected chi connectivity index (χ2v) is 10.4. The first-order valence-electron chi connectivity index (χ1n) is 11.8. The minimum absolute atomic E-state index is 0.0588. The Morgan fingerprint density at radius 2 is 1.63 bits per heavy atom. The van der Waals surface area contributed by atoms with Crippen molar-refractivity contribution in [1.29, 1.82) is 0 Å². The van der Waals surface area contributed by atoms with Gasteiger partial charge < -0.3 is 10.6 Å². The molecule has 7 nitrogen and oxygen atoms in total. The molecule has 1 aliphatic rings. The zero-order valence-electron chi connectivity index (χ0n) is 20.1. The fraction of sp³-hybridized carbons (Fsp3) is 0.423. The fourth-order valence-electron chi connectivity index (χ4n) is 4.11. The summed E-state index contributed by atoms with van der Waals surface area (Å²) in [7, 11) is -1.80. The van der Waals surface area contributed by atoms with Gasteiger partial charge in [-0.3, -0.25) is 23.5 Å². The van der Waals surface area contributed by atoms with E-state index in [2.05, 4.69) is 10.6 Å². The number of hydrogen-bond donors (Lipinski definition) is 2. The average Bonchev–Trinajstić information content (AvgIpc) is 2.82. The summed E-state index contributed by atoms with van der Waals surface area (Å²) in [5.41, 5.74) is 1.94. The highest BCUT2D eigenvalue weighted by Gasteiger charge is 2.30. The third kappa shape index (κ3) is 7.99. The highest BCUT2D eigenvalue weighted by Crippen LogP contribution is 2.21. The van der Waals surface area contributed by atoms with Crippen molar-refractivity contribution in [2.24, 2.45) is 0 Å². The summed E-state index contributed by atoms with van der Waals surface area (Å²) in [6.07, 6.45) is 5.02. The Kier molecular flexibility index (Phi) is 9.54. The van der Waals surface area contributed by atoms with E-state index in [9.17, 15) is 23.0 Å². The number of nitrogens with zero attached hydrogens (tertiary/aromatic N) is 1. The van der Waals surface area contributed by atoms with Crippen molar-refractivity contribution in [1.82, 2.24) is 5.32 Å². The van der Waals surface area contributed by atoms with E-state index in [0.29, 0.717) is 11.4 Å². The first-order chi connectivity index (χ1) is 16.7. The maximum atomic E-state index is 13.5. The monoisotopic (exact) mass is 501 g/mol. The standard InChI is InChI=1S/C26H32FN3O4S/c1-18-8-12-22(13-9-18)28-24(31)16-35(34)17-25(32)30(23-14-10-20(27)11-15-23)19(2)26(33)29-21-6-4-3-5-7-21/h8-15,19,21H,3-7,16-17H2,1-2H3,(H,28,31)(H,29,33)/t19-,35-/m0/s1. The van der Waals surface area contributed by atoms with E-state index < -0.39 is 40.2 Å². The second kappa shape index (κ2) is 12.6. The lowest BCUT2D eigenvalue weighted by Crippen LogP contribution is -2.52. The average molecular weight is 502 g/mol. The number of amides is 3. The van der Waals surface area contributed by atoms with Crippen LogP contribution in [0.3, 0.4) is 0 Å². The molecule has 0 aliphatic heterocycles. The van der Waals surface area contributed by atoms with Gasteiger partial charge in [0.1, 0.15) is 23.4 Å². The quantitative estimate of drug-likeness (QED) is 0.548. The molecule has 2 atom stereocenters. The van der Waals surface area contributed by atoms with Gasteiger partial charge in [0.15, 0.2) is 0 Å². The number of rotatable bonds is 9. The molecule has 2 aromatic carbocycles. The van der Waals surface area contributed by atoms with E-state index in [0.717, 1.165) is 37.7 Å². The molecular formula is C26H32FN3O4S. The van der Waals surface area contributed by atoms with Crippen LogP contribution < -0.4 is 15.5 Å². The van der Waals surface area contributed by atoms with Crippen molar-refractivity contribution in [3.63, 3.8) is 0 Å². The SMILES string of the molecule is Cc1ccc(NC(=O)C[S@](=O)CC(=O)N(c2ccc(F)cc2)[C@@H](C)C(=O)NC2CCCCC2)cc1. The first kappa shape index (κ1) is 26.5. The Bertz CT molecular complexity index is 1050. The lowest BCUT2D eigenvalue weighted by molar-refractivity contribution is -0.126. The zero-order valence-corrected chi connectivity index (χ0v) is 20.9. The molecule has 0 radical (unpaired) electrons. The Morgan fingerprint density at radius 1 is 1.00 bits per heavy atom. The van der Waals surface area contributed by atoms with Crippen molar-refractivity contribution < 1.29 is 23.0 Å². The second-order valence-electron chi connectivity index (χ2n) is 8.90. The summed E-state index contributed by atoms with van der Waals surface area (Å²) in [6.45, 7) is 3.52. The van der Waals surface area contributed by atoms with Crippen LogP contribution in [-0.4, -0.2) is 45.5 Å². The Labute approximate surface area is 207 Å². The van der Waals surface area contributed by atoms with Gasteiger partial charge in [0.05, 0.1) is 0 Å². The molecule has 2 N–H and O–H groups in total. The lowest BCUT2D eigenvalue weighted by Gasteiger charge is -2.31. The van der Waals surface area contributed by atoms with Crippen molar-refractivity contribution in [3.05, 3.63) is 59.9 Å². The number of halogens is 1. The van der Waals surface area contributed by atoms with E-state index in [1.54, 1.807) is 19.1 Å². The maximum Gasteiger partial charge on any atom is 0.243 e. The molecule has 0 aromatic heterocycles. The molecule has 35 heavy (non-hydrogen) atoms. The lowest BCUT2D eigenvalue weighted by atomic mass is 9.95. The summed E-state index contributed by atoms with van der Waals surface area (Å²) >= 11 is 0. The van der Waals surface area contributed by atoms with Crippen LogP contribution in [0, 0.1) is 12.7 Å². The van der Waals surface area contributed by atoms with Crippen LogP contribution >= 0.6 is 0 Å². The van der Waals surface area contributed by atoms with E-state index >= 15 is 0 Å². The van der Waals surface area contributed by atoms with E-state index in [-0.39, 0.29) is 17.7 Å². The molecule has 3 amide bonds. The van der Waals surface area contributed by atoms with Gasteiger partial charge in [0.2, 0.25) is 17.7 Å². The topological polar surface area (TPSA) is 95.6 Å². The number of carbonyl (C=O) groups is 3. The van der Waals surface area contributed by atoms with Crippen molar-refractivity contribution >= 4 is 39.9 Å². The number of anilines is 2. The molecule has 0 bridgehead atoms. The highest BCUT2D eigenvalue weighted by atomic mass is 32.2. The van der Waals surface area contributed by atoms with Gasteiger partial charge in [-0.05, 0) is 63.1 Å². The molecule has 1 aliphatic carbocycles. The van der Waals surface area contributed by atoms with Gasteiger partial charge in [0, 0.05) is 28.2 Å². The van der Waals surface area contributed by atoms with Crippen LogP contribution in [0.4, 0.5) is 15.8 Å². The van der Waals surface area contributed by atoms with Gasteiger partial charge >= 0.3 is 0 Å². The van der Waals surface area contributed by atoms with Crippen molar-refractivity contribution in [3.8, 4) is 0 Å². The van der Waals surface area contributed by atoms with Crippen LogP contribution in [-0.2, 0) is 25.2 Å². The molecule has 0 heterocycles. The van der Waals surface area contributed by atoms with E-state index in [4.69, 9.17) is 0 Å². The third-order valence-electron chi connectivity index (χ3n) is 6.00. The van der Waals surface area contributed by atoms with Gasteiger partial charge in [-0.25, -0.2) is 4.39 Å². The maximum absolute atomic E-state index is 13.5. The summed E-state index contributed by atoms with van der Waals surface area (Å²) in [5, 5.41) is 5.67. The summed E-state index contributed by atoms with van der Waals surface area (Å²) in [6, 6.07) is 11.5. The molecule has 0 saturated heterocycles. The number of aryl methyl sites for hydroxylation is 1. The molecule has 2 aromatic rings. The van der Waals surface area contributed by atoms with Crippen molar-refractivity contribution in [2.45, 2.75) is 58.0 Å². The summed E-state index contributed by atoms with van der Waals surface area (Å²) in [4.78, 5) is 39.7. The summed E-state index contributed by atoms with van der Waals surface area (Å²) in [5.74, 6) is -2.66. The number of benzene rings is 2. The molecule has 0 unspecified atom stereocenters. The normalized spacial score (nSPS) is 15.6. The minimum Gasteiger partial charge on any atom is -0.352 e. The predicted molar refractivity (Wildman–Crippen MR) is 136 cm³/mol. The van der Waals surface area contributed by atoms with Gasteiger partial charge in [-0.2, -0.15) is 0 Å². The van der Waals surface area contributed by atoms with Gasteiger partial charge in [-0.1, -0.05) is 37.0 Å². The largest absolute Gasteiger partial charge is 0.352 e. The molecule has 188 valence electrons. The first-order valence-corrected chi connectivity index (χ1v) is 13.3. The molecular weight excluding hydrogens is 469 g/mol. The number of hydrogen-bond acceptors (Lipinski definition) is 4. The third-order valence-corrected chi connectivity index (χ3v) is 7.16. The van der Waals surface area contributed by atoms with Crippen LogP contribution in [0.25, 0.3) is 0 Å². The Balaban J connectivity index is 1.66. The zero-order chi connectivity index (χ0) is 25.4. The van der Waals surface area contributed by atoms with Crippen molar-refractivity contribution in [2.75, 3.05) is 21.7 Å². The van der Waals surface area contributed by atoms with Crippen LogP contribution in [0.15, 0.2) is 48.5 Å². The van der Waals surface area contributed by atoms with Crippen LogP contribution in [0.2, 0.25) is 0 Å². The predicted octanol–water partition coefficient (Wildman–Crippen LogP) is 3.69. The summed E-state index contributed by atoms with van der Waals surface area (Å²) < 4.78 is 26.1. The Hall–Kier alpha value is -3.07. The molecule has 1 saturated carbocycles. The smallest absolute Gasteiger partial charge is 0.243 e. The molecule has 9 heteroatoms. The highest BCUT2D eigenvalue weighted by molar-refractivity contribution is 7.86. The van der Waals surface area contributed by atoms with Crippen LogP contribution in [0.1, 0.15) is 44.6 Å².